The van der Waals surface area contributed by atoms with Crippen LogP contribution in [0.4, 0.5) is 0 Å². The third kappa shape index (κ3) is 2.32. The molecule has 26 heavy (non-hydrogen) atoms. The Labute approximate surface area is 154 Å². The lowest BCUT2D eigenvalue weighted by Crippen LogP contribution is -2.50. The number of aromatic nitrogens is 3. The molecule has 0 aliphatic heterocycles. The summed E-state index contributed by atoms with van der Waals surface area (Å²) in [4.78, 5) is 12.1. The average Bonchev–Trinajstić information content (AvgIpc) is 3.06. The molecule has 4 aliphatic rings. The van der Waals surface area contributed by atoms with Gasteiger partial charge in [0.25, 0.3) is 0 Å². The van der Waals surface area contributed by atoms with Crippen molar-refractivity contribution in [2.24, 2.45) is 23.5 Å². The van der Waals surface area contributed by atoms with Crippen LogP contribution >= 0.6 is 0 Å². The van der Waals surface area contributed by atoms with Gasteiger partial charge < -0.3 is 5.73 Å². The summed E-state index contributed by atoms with van der Waals surface area (Å²) in [6, 6.07) is 9.58. The van der Waals surface area contributed by atoms with Crippen LogP contribution < -0.4 is 5.73 Å². The highest BCUT2D eigenvalue weighted by atomic mass is 16.1. The number of hydrogen-bond acceptors (Lipinski definition) is 3. The molecule has 4 fully saturated rings. The van der Waals surface area contributed by atoms with E-state index in [-0.39, 0.29) is 11.3 Å². The van der Waals surface area contributed by atoms with E-state index in [0.717, 1.165) is 35.0 Å². The van der Waals surface area contributed by atoms with Crippen molar-refractivity contribution in [3.8, 4) is 11.4 Å². The molecule has 136 valence electrons. The fraction of sp³-hybridized carbons (Fsp3) is 0.571. The Bertz CT molecular complexity index is 806. The number of amides is 1. The lowest BCUT2D eigenvalue weighted by atomic mass is 9.49. The van der Waals surface area contributed by atoms with Crippen LogP contribution in [0.25, 0.3) is 11.4 Å². The van der Waals surface area contributed by atoms with Crippen LogP contribution in [0.3, 0.4) is 0 Å². The molecule has 5 heteroatoms. The van der Waals surface area contributed by atoms with Gasteiger partial charge in [-0.15, -0.1) is 10.2 Å². The highest BCUT2D eigenvalue weighted by Crippen LogP contribution is 2.60. The van der Waals surface area contributed by atoms with Crippen molar-refractivity contribution >= 4 is 5.91 Å². The van der Waals surface area contributed by atoms with E-state index >= 15 is 0 Å². The largest absolute Gasteiger partial charge is 0.368 e. The number of nitrogens with two attached hydrogens (primary N) is 1. The summed E-state index contributed by atoms with van der Waals surface area (Å²) in [5.74, 6) is 3.89. The van der Waals surface area contributed by atoms with E-state index in [2.05, 4.69) is 5.10 Å². The van der Waals surface area contributed by atoms with Gasteiger partial charge in [0.05, 0.1) is 0 Å². The van der Waals surface area contributed by atoms with Gasteiger partial charge in [-0.3, -0.25) is 9.36 Å². The highest BCUT2D eigenvalue weighted by molar-refractivity contribution is 5.79. The summed E-state index contributed by atoms with van der Waals surface area (Å²) >= 11 is 0. The van der Waals surface area contributed by atoms with E-state index in [1.165, 1.54) is 38.5 Å². The summed E-state index contributed by atoms with van der Waals surface area (Å²) in [6.07, 6.45) is 7.71. The third-order valence-corrected chi connectivity index (χ3v) is 7.04. The zero-order chi connectivity index (χ0) is 17.9. The van der Waals surface area contributed by atoms with Crippen molar-refractivity contribution in [1.29, 1.82) is 0 Å². The zero-order valence-corrected chi connectivity index (χ0v) is 15.3. The molecule has 1 heterocycles. The Hall–Kier alpha value is -2.17. The smallest absolute Gasteiger partial charge is 0.240 e. The molecule has 2 N–H and O–H groups in total. The summed E-state index contributed by atoms with van der Waals surface area (Å²) in [5, 5.41) is 9.24. The summed E-state index contributed by atoms with van der Waals surface area (Å²) in [5.41, 5.74) is 6.79. The number of rotatable bonds is 4. The summed E-state index contributed by atoms with van der Waals surface area (Å²) in [6.45, 7) is 1.88. The number of nitrogens with zero attached hydrogens (tertiary/aromatic N) is 3. The van der Waals surface area contributed by atoms with E-state index in [1.54, 1.807) is 0 Å². The molecule has 2 aromatic rings. The SMILES string of the molecule is CC(C(N)=O)n1c(-c2ccccc2)nnc1C12CC3CC(CC(C3)C1)C2. The molecule has 5 nitrogen and oxygen atoms in total. The van der Waals surface area contributed by atoms with Crippen LogP contribution in [0.15, 0.2) is 30.3 Å². The second-order valence-electron chi connectivity index (χ2n) is 8.86. The zero-order valence-electron chi connectivity index (χ0n) is 15.3. The minimum absolute atomic E-state index is 0.0818. The molecule has 4 saturated carbocycles. The molecule has 4 bridgehead atoms. The number of benzene rings is 1. The minimum Gasteiger partial charge on any atom is -0.368 e. The Morgan fingerprint density at radius 1 is 1.08 bits per heavy atom. The standard InChI is InChI=1S/C21H26N4O/c1-13(18(22)26)25-19(17-5-3-2-4-6-17)23-24-20(25)21-10-14-7-15(11-21)9-16(8-14)12-21/h2-6,13-16H,7-12H2,1H3,(H2,22,26). The van der Waals surface area contributed by atoms with Gasteiger partial charge in [-0.05, 0) is 63.2 Å². The fourth-order valence-corrected chi connectivity index (χ4v) is 6.32. The van der Waals surface area contributed by atoms with Crippen LogP contribution in [0.2, 0.25) is 0 Å². The molecule has 1 aromatic heterocycles. The second-order valence-corrected chi connectivity index (χ2v) is 8.86. The Morgan fingerprint density at radius 2 is 1.65 bits per heavy atom. The molecule has 1 aromatic carbocycles. The van der Waals surface area contributed by atoms with Crippen LogP contribution in [-0.4, -0.2) is 20.7 Å². The van der Waals surface area contributed by atoms with E-state index in [9.17, 15) is 4.79 Å². The monoisotopic (exact) mass is 350 g/mol. The van der Waals surface area contributed by atoms with Crippen molar-refractivity contribution < 1.29 is 4.79 Å². The predicted octanol–water partition coefficient (Wildman–Crippen LogP) is 3.46. The molecule has 0 radical (unpaired) electrons. The van der Waals surface area contributed by atoms with Gasteiger partial charge in [0, 0.05) is 11.0 Å². The topological polar surface area (TPSA) is 73.8 Å². The van der Waals surface area contributed by atoms with Gasteiger partial charge in [0.1, 0.15) is 11.9 Å². The normalized spacial score (nSPS) is 33.3. The lowest BCUT2D eigenvalue weighted by Gasteiger charge is -2.56. The van der Waals surface area contributed by atoms with Crippen molar-refractivity contribution in [1.82, 2.24) is 14.8 Å². The molecule has 1 unspecified atom stereocenters. The second kappa shape index (κ2) is 5.66. The number of hydrogen-bond donors (Lipinski definition) is 1. The molecule has 4 aliphatic carbocycles. The maximum absolute atomic E-state index is 12.1. The van der Waals surface area contributed by atoms with E-state index < -0.39 is 6.04 Å². The third-order valence-electron chi connectivity index (χ3n) is 7.04. The Morgan fingerprint density at radius 3 is 2.19 bits per heavy atom. The first-order valence-electron chi connectivity index (χ1n) is 9.86. The van der Waals surface area contributed by atoms with Gasteiger partial charge in [0.15, 0.2) is 5.82 Å². The van der Waals surface area contributed by atoms with Gasteiger partial charge in [-0.1, -0.05) is 30.3 Å². The minimum atomic E-state index is -0.441. The molecule has 1 amide bonds. The average molecular weight is 350 g/mol. The van der Waals surface area contributed by atoms with Crippen molar-refractivity contribution in [3.63, 3.8) is 0 Å². The van der Waals surface area contributed by atoms with Crippen molar-refractivity contribution in [2.75, 3.05) is 0 Å². The molecule has 6 rings (SSSR count). The first-order chi connectivity index (χ1) is 12.6. The molecule has 0 spiro atoms. The van der Waals surface area contributed by atoms with Gasteiger partial charge in [-0.2, -0.15) is 0 Å². The molecule has 0 saturated heterocycles. The molecule has 1 atom stereocenters. The Kier molecular flexibility index (Phi) is 3.49. The van der Waals surface area contributed by atoms with Gasteiger partial charge in [0.2, 0.25) is 5.91 Å². The quantitative estimate of drug-likeness (QED) is 0.917. The van der Waals surface area contributed by atoms with Crippen LogP contribution in [0, 0.1) is 17.8 Å². The highest BCUT2D eigenvalue weighted by Gasteiger charge is 2.54. The number of carbonyl (C=O) groups is 1. The molecular weight excluding hydrogens is 324 g/mol. The van der Waals surface area contributed by atoms with Crippen LogP contribution in [-0.2, 0) is 10.2 Å². The van der Waals surface area contributed by atoms with E-state index in [0.29, 0.717) is 0 Å². The summed E-state index contributed by atoms with van der Waals surface area (Å²) in [7, 11) is 0. The maximum atomic E-state index is 12.1. The number of carbonyl (C=O) groups excluding carboxylic acids is 1. The van der Waals surface area contributed by atoms with E-state index in [4.69, 9.17) is 10.8 Å². The first kappa shape index (κ1) is 16.0. The Balaban J connectivity index is 1.66. The fourth-order valence-electron chi connectivity index (χ4n) is 6.32. The van der Waals surface area contributed by atoms with Gasteiger partial charge in [-0.25, -0.2) is 0 Å². The van der Waals surface area contributed by atoms with Crippen LogP contribution in [0.1, 0.15) is 57.3 Å². The van der Waals surface area contributed by atoms with Crippen molar-refractivity contribution in [3.05, 3.63) is 36.2 Å². The molecular formula is C21H26N4O. The summed E-state index contributed by atoms with van der Waals surface area (Å²) < 4.78 is 2.05. The van der Waals surface area contributed by atoms with Crippen molar-refractivity contribution in [2.45, 2.75) is 56.9 Å². The number of primary amides is 1. The van der Waals surface area contributed by atoms with Gasteiger partial charge >= 0.3 is 0 Å². The first-order valence-corrected chi connectivity index (χ1v) is 9.86. The predicted molar refractivity (Wildman–Crippen MR) is 99.2 cm³/mol. The lowest BCUT2D eigenvalue weighted by molar-refractivity contribution is -0.120. The van der Waals surface area contributed by atoms with E-state index in [1.807, 2.05) is 41.8 Å². The maximum Gasteiger partial charge on any atom is 0.240 e. The van der Waals surface area contributed by atoms with Crippen LogP contribution in [0.5, 0.6) is 0 Å².